The van der Waals surface area contributed by atoms with Crippen LogP contribution in [0, 0.1) is 5.41 Å². The number of methoxy groups -OCH3 is 1. The number of carbonyl (C=O) groups is 3. The highest BCUT2D eigenvalue weighted by atomic mass is 35.5. The monoisotopic (exact) mass is 392 g/mol. The minimum absolute atomic E-state index is 0.0462. The second-order valence-electron chi connectivity index (χ2n) is 7.66. The molecule has 0 bridgehead atoms. The van der Waals surface area contributed by atoms with E-state index in [4.69, 9.17) is 16.3 Å². The van der Waals surface area contributed by atoms with Gasteiger partial charge in [0, 0.05) is 31.0 Å². The van der Waals surface area contributed by atoms with Crippen LogP contribution in [0.5, 0.6) is 5.75 Å². The smallest absolute Gasteiger partial charge is 0.233 e. The highest BCUT2D eigenvalue weighted by Crippen LogP contribution is 2.36. The van der Waals surface area contributed by atoms with Crippen LogP contribution in [-0.4, -0.2) is 42.8 Å². The summed E-state index contributed by atoms with van der Waals surface area (Å²) in [6.45, 7) is 3.10. The van der Waals surface area contributed by atoms with Crippen molar-refractivity contribution in [2.45, 2.75) is 44.9 Å². The number of rotatable bonds is 5. The molecule has 3 rings (SSSR count). The summed E-state index contributed by atoms with van der Waals surface area (Å²) in [5.41, 5.74) is 0.365. The van der Waals surface area contributed by atoms with Gasteiger partial charge in [0.25, 0.3) is 0 Å². The summed E-state index contributed by atoms with van der Waals surface area (Å²) < 4.78 is 5.45. The Bertz CT molecular complexity index is 758. The van der Waals surface area contributed by atoms with Crippen molar-refractivity contribution in [3.63, 3.8) is 0 Å². The molecule has 2 fully saturated rings. The van der Waals surface area contributed by atoms with Crippen LogP contribution in [0.25, 0.3) is 0 Å². The lowest BCUT2D eigenvalue weighted by molar-refractivity contribution is -0.133. The van der Waals surface area contributed by atoms with Crippen molar-refractivity contribution in [3.05, 3.63) is 28.8 Å². The molecule has 1 aromatic carbocycles. The number of amides is 3. The van der Waals surface area contributed by atoms with E-state index < -0.39 is 5.41 Å². The van der Waals surface area contributed by atoms with Crippen molar-refractivity contribution < 1.29 is 19.1 Å². The summed E-state index contributed by atoms with van der Waals surface area (Å²) in [5.74, 6) is 0.639. The number of imide groups is 1. The number of nitrogens with one attached hydrogen (secondary N) is 1. The van der Waals surface area contributed by atoms with E-state index in [1.54, 1.807) is 14.0 Å². The van der Waals surface area contributed by atoms with Gasteiger partial charge < -0.3 is 9.64 Å². The van der Waals surface area contributed by atoms with E-state index in [-0.39, 0.29) is 30.6 Å². The Labute approximate surface area is 164 Å². The van der Waals surface area contributed by atoms with Crippen molar-refractivity contribution in [2.75, 3.05) is 20.2 Å². The summed E-state index contributed by atoms with van der Waals surface area (Å²) >= 11 is 6.04. The molecule has 27 heavy (non-hydrogen) atoms. The van der Waals surface area contributed by atoms with Crippen molar-refractivity contribution >= 4 is 29.3 Å². The normalized spacial score (nSPS) is 23.4. The summed E-state index contributed by atoms with van der Waals surface area (Å²) in [4.78, 5) is 37.7. The number of nitrogens with zero attached hydrogens (tertiary/aromatic N) is 1. The summed E-state index contributed by atoms with van der Waals surface area (Å²) in [7, 11) is 1.64. The maximum Gasteiger partial charge on any atom is 0.233 e. The van der Waals surface area contributed by atoms with Crippen LogP contribution in [0.1, 0.15) is 50.5 Å². The Hall–Kier alpha value is -2.08. The molecule has 0 saturated carbocycles. The molecule has 6 nitrogen and oxygen atoms in total. The third kappa shape index (κ3) is 4.26. The molecule has 7 heteroatoms. The molecule has 2 saturated heterocycles. The molecular weight excluding hydrogens is 368 g/mol. The number of likely N-dealkylation sites (tertiary alicyclic amines) is 1. The number of ether oxygens (including phenoxy) is 1. The maximum absolute atomic E-state index is 12.6. The summed E-state index contributed by atoms with van der Waals surface area (Å²) in [6, 6.07) is 5.69. The summed E-state index contributed by atoms with van der Waals surface area (Å²) in [5, 5.41) is 2.97. The first-order valence-corrected chi connectivity index (χ1v) is 9.66. The van der Waals surface area contributed by atoms with Crippen LogP contribution in [0.2, 0.25) is 5.02 Å². The zero-order valence-electron chi connectivity index (χ0n) is 15.7. The molecule has 0 spiro atoms. The predicted molar refractivity (Wildman–Crippen MR) is 102 cm³/mol. The molecule has 2 aliphatic heterocycles. The lowest BCUT2D eigenvalue weighted by atomic mass is 9.83. The number of benzene rings is 1. The van der Waals surface area contributed by atoms with Gasteiger partial charge in [-0.25, -0.2) is 0 Å². The third-order valence-corrected chi connectivity index (χ3v) is 5.96. The first kappa shape index (κ1) is 19.7. The first-order chi connectivity index (χ1) is 12.8. The number of piperidine rings is 1. The standard InChI is InChI=1S/C20H25ClN2O4/c1-20(12-17(24)22-19(20)26)8-5-18(25)23-9-6-13(7-10-23)15-4-3-14(21)11-16(15)27-2/h3-4,11,13H,5-10,12H2,1-2H3,(H,22,24,26)/t20-/m0/s1. The number of halogens is 1. The van der Waals surface area contributed by atoms with E-state index in [1.807, 2.05) is 23.1 Å². The number of carbonyl (C=O) groups excluding carboxylic acids is 3. The molecule has 1 atom stereocenters. The fourth-order valence-corrected chi connectivity index (χ4v) is 4.12. The average molecular weight is 393 g/mol. The molecule has 1 N–H and O–H groups in total. The van der Waals surface area contributed by atoms with Crippen LogP contribution >= 0.6 is 11.6 Å². The van der Waals surface area contributed by atoms with Crippen LogP contribution in [0.15, 0.2) is 18.2 Å². The van der Waals surface area contributed by atoms with Gasteiger partial charge >= 0.3 is 0 Å². The highest BCUT2D eigenvalue weighted by Gasteiger charge is 2.42. The van der Waals surface area contributed by atoms with Crippen LogP contribution in [0.4, 0.5) is 0 Å². The first-order valence-electron chi connectivity index (χ1n) is 9.28. The zero-order chi connectivity index (χ0) is 19.6. The number of hydrogen-bond donors (Lipinski definition) is 1. The molecule has 0 unspecified atom stereocenters. The van der Waals surface area contributed by atoms with E-state index in [9.17, 15) is 14.4 Å². The van der Waals surface area contributed by atoms with Crippen LogP contribution in [0.3, 0.4) is 0 Å². The SMILES string of the molecule is COc1cc(Cl)ccc1C1CCN(C(=O)CC[C@@]2(C)CC(=O)NC2=O)CC1. The molecular formula is C20H25ClN2O4. The highest BCUT2D eigenvalue weighted by molar-refractivity contribution is 6.30. The van der Waals surface area contributed by atoms with Gasteiger partial charge in [0.15, 0.2) is 0 Å². The van der Waals surface area contributed by atoms with Gasteiger partial charge in [-0.15, -0.1) is 0 Å². The van der Waals surface area contributed by atoms with Crippen molar-refractivity contribution in [1.82, 2.24) is 10.2 Å². The second-order valence-corrected chi connectivity index (χ2v) is 8.09. The average Bonchev–Trinajstić information content (AvgIpc) is 2.91. The molecule has 0 aromatic heterocycles. The van der Waals surface area contributed by atoms with Gasteiger partial charge in [0.2, 0.25) is 17.7 Å². The Morgan fingerprint density at radius 2 is 2.04 bits per heavy atom. The summed E-state index contributed by atoms with van der Waals surface area (Å²) in [6.07, 6.45) is 2.57. The van der Waals surface area contributed by atoms with Gasteiger partial charge in [0.05, 0.1) is 12.5 Å². The molecule has 1 aromatic rings. The molecule has 0 radical (unpaired) electrons. The third-order valence-electron chi connectivity index (χ3n) is 5.73. The molecule has 3 amide bonds. The van der Waals surface area contributed by atoms with Crippen molar-refractivity contribution in [2.24, 2.45) is 5.41 Å². The van der Waals surface area contributed by atoms with Crippen molar-refractivity contribution in [3.8, 4) is 5.75 Å². The molecule has 0 aliphatic carbocycles. The van der Waals surface area contributed by atoms with E-state index in [2.05, 4.69) is 5.32 Å². The van der Waals surface area contributed by atoms with E-state index in [0.29, 0.717) is 30.5 Å². The molecule has 146 valence electrons. The van der Waals surface area contributed by atoms with Crippen LogP contribution in [-0.2, 0) is 14.4 Å². The van der Waals surface area contributed by atoms with Gasteiger partial charge in [-0.05, 0) is 42.9 Å². The quantitative estimate of drug-likeness (QED) is 0.782. The van der Waals surface area contributed by atoms with Crippen LogP contribution < -0.4 is 10.1 Å². The second kappa shape index (κ2) is 7.89. The fourth-order valence-electron chi connectivity index (χ4n) is 3.96. The van der Waals surface area contributed by atoms with Gasteiger partial charge in [0.1, 0.15) is 5.75 Å². The minimum atomic E-state index is -0.762. The van der Waals surface area contributed by atoms with E-state index >= 15 is 0 Å². The van der Waals surface area contributed by atoms with Gasteiger partial charge in [-0.2, -0.15) is 0 Å². The largest absolute Gasteiger partial charge is 0.496 e. The Morgan fingerprint density at radius 3 is 2.63 bits per heavy atom. The predicted octanol–water partition coefficient (Wildman–Crippen LogP) is 2.89. The van der Waals surface area contributed by atoms with Gasteiger partial charge in [-0.1, -0.05) is 24.6 Å². The number of hydrogen-bond acceptors (Lipinski definition) is 4. The van der Waals surface area contributed by atoms with E-state index in [0.717, 1.165) is 24.2 Å². The van der Waals surface area contributed by atoms with Crippen molar-refractivity contribution in [1.29, 1.82) is 0 Å². The minimum Gasteiger partial charge on any atom is -0.496 e. The lowest BCUT2D eigenvalue weighted by Crippen LogP contribution is -2.39. The zero-order valence-corrected chi connectivity index (χ0v) is 16.5. The Balaban J connectivity index is 1.54. The Morgan fingerprint density at radius 1 is 1.33 bits per heavy atom. The Kier molecular flexibility index (Phi) is 5.75. The van der Waals surface area contributed by atoms with E-state index in [1.165, 1.54) is 0 Å². The molecule has 2 heterocycles. The fraction of sp³-hybridized carbons (Fsp3) is 0.550. The molecule has 2 aliphatic rings. The topological polar surface area (TPSA) is 75.7 Å². The lowest BCUT2D eigenvalue weighted by Gasteiger charge is -2.33. The maximum atomic E-state index is 12.6. The van der Waals surface area contributed by atoms with Gasteiger partial charge in [-0.3, -0.25) is 19.7 Å².